The third kappa shape index (κ3) is 5.07. The van der Waals surface area contributed by atoms with Gasteiger partial charge in [0, 0.05) is 13.6 Å². The van der Waals surface area contributed by atoms with Gasteiger partial charge in [0.15, 0.2) is 0 Å². The summed E-state index contributed by atoms with van der Waals surface area (Å²) in [6.45, 7) is 4.40. The Morgan fingerprint density at radius 3 is 2.83 bits per heavy atom. The molecule has 0 aliphatic heterocycles. The van der Waals surface area contributed by atoms with Crippen LogP contribution in [0.5, 0.6) is 0 Å². The van der Waals surface area contributed by atoms with Gasteiger partial charge >= 0.3 is 0 Å². The van der Waals surface area contributed by atoms with Gasteiger partial charge in [0.25, 0.3) is 0 Å². The molecule has 0 spiro atoms. The number of sulfonamides is 1. The number of nitrogens with one attached hydrogen (secondary N) is 1. The Hall–Kier alpha value is -2.26. The summed E-state index contributed by atoms with van der Waals surface area (Å²) in [6.07, 6.45) is 8.61. The van der Waals surface area contributed by atoms with Gasteiger partial charge in [-0.05, 0) is 63.6 Å². The number of rotatable bonds is 9. The number of aromatic nitrogens is 3. The maximum atomic E-state index is 12.9. The van der Waals surface area contributed by atoms with Crippen LogP contribution in [0.2, 0.25) is 0 Å². The lowest BCUT2D eigenvalue weighted by molar-refractivity contribution is -0.121. The number of hydrogen-bond acceptors (Lipinski definition) is 5. The summed E-state index contributed by atoms with van der Waals surface area (Å²) in [5.74, 6) is -0.304. The lowest BCUT2D eigenvalue weighted by Gasteiger charge is -2.18. The molecular formula is C21H31N5O3S. The molecule has 0 radical (unpaired) electrons. The molecule has 1 heterocycles. The molecule has 9 heteroatoms. The van der Waals surface area contributed by atoms with E-state index >= 15 is 0 Å². The van der Waals surface area contributed by atoms with Crippen LogP contribution in [0.4, 0.5) is 0 Å². The first-order chi connectivity index (χ1) is 14.3. The molecule has 1 unspecified atom stereocenters. The Morgan fingerprint density at radius 1 is 1.33 bits per heavy atom. The van der Waals surface area contributed by atoms with Crippen LogP contribution in [0.1, 0.15) is 58.4 Å². The summed E-state index contributed by atoms with van der Waals surface area (Å²) in [6, 6.07) is 4.96. The molecule has 3 rings (SSSR count). The minimum absolute atomic E-state index is 0.105. The van der Waals surface area contributed by atoms with E-state index in [1.54, 1.807) is 16.8 Å². The molecule has 8 nitrogen and oxygen atoms in total. The first-order valence-electron chi connectivity index (χ1n) is 10.6. The SMILES string of the molecule is CCC(C)n1nnc2cc(S(=O)(=O)N(C)CC(=O)NCCC3=CCCCC3)ccc21. The zero-order valence-electron chi connectivity index (χ0n) is 18.0. The Kier molecular flexibility index (Phi) is 7.25. The molecule has 1 aromatic heterocycles. The summed E-state index contributed by atoms with van der Waals surface area (Å²) in [4.78, 5) is 12.3. The van der Waals surface area contributed by atoms with Crippen LogP contribution in [-0.2, 0) is 14.8 Å². The number of hydrogen-bond donors (Lipinski definition) is 1. The number of carbonyl (C=O) groups excluding carboxylic acids is 1. The number of allylic oxidation sites excluding steroid dienone is 1. The molecule has 164 valence electrons. The van der Waals surface area contributed by atoms with Crippen LogP contribution in [0.15, 0.2) is 34.7 Å². The maximum absolute atomic E-state index is 12.9. The van der Waals surface area contributed by atoms with Crippen molar-refractivity contribution in [1.29, 1.82) is 0 Å². The van der Waals surface area contributed by atoms with Gasteiger partial charge in [0.1, 0.15) is 5.52 Å². The van der Waals surface area contributed by atoms with Crippen molar-refractivity contribution in [3.05, 3.63) is 29.8 Å². The molecule has 1 aliphatic carbocycles. The van der Waals surface area contributed by atoms with Gasteiger partial charge < -0.3 is 5.32 Å². The van der Waals surface area contributed by atoms with Crippen LogP contribution < -0.4 is 5.32 Å². The molecule has 1 atom stereocenters. The summed E-state index contributed by atoms with van der Waals surface area (Å²) in [5.41, 5.74) is 2.69. The van der Waals surface area contributed by atoms with E-state index in [0.717, 1.165) is 35.5 Å². The molecule has 1 N–H and O–H groups in total. The fourth-order valence-electron chi connectivity index (χ4n) is 3.60. The van der Waals surface area contributed by atoms with Gasteiger partial charge in [-0.1, -0.05) is 23.8 Å². The topological polar surface area (TPSA) is 97.2 Å². The average molecular weight is 434 g/mol. The molecule has 1 amide bonds. The Labute approximate surface area is 178 Å². The largest absolute Gasteiger partial charge is 0.355 e. The molecule has 0 saturated heterocycles. The second-order valence-corrected chi connectivity index (χ2v) is 9.96. The van der Waals surface area contributed by atoms with Gasteiger partial charge in [-0.25, -0.2) is 13.1 Å². The summed E-state index contributed by atoms with van der Waals surface area (Å²) >= 11 is 0. The Morgan fingerprint density at radius 2 is 2.13 bits per heavy atom. The van der Waals surface area contributed by atoms with Crippen LogP contribution in [-0.4, -0.2) is 53.8 Å². The quantitative estimate of drug-likeness (QED) is 0.613. The third-order valence-corrected chi connectivity index (χ3v) is 7.48. The van der Waals surface area contributed by atoms with Crippen molar-refractivity contribution in [2.24, 2.45) is 0 Å². The van der Waals surface area contributed by atoms with E-state index < -0.39 is 10.0 Å². The maximum Gasteiger partial charge on any atom is 0.243 e. The molecule has 2 aromatic rings. The van der Waals surface area contributed by atoms with Gasteiger partial charge in [0.2, 0.25) is 15.9 Å². The molecule has 0 bridgehead atoms. The highest BCUT2D eigenvalue weighted by molar-refractivity contribution is 7.89. The fraction of sp³-hybridized carbons (Fsp3) is 0.571. The standard InChI is InChI=1S/C21H31N5O3S/c1-4-16(2)26-20-11-10-18(14-19(20)23-24-26)30(28,29)25(3)15-21(27)22-13-12-17-8-6-5-7-9-17/h8,10-11,14,16H,4-7,9,12-13,15H2,1-3H3,(H,22,27). The Bertz CT molecular complexity index is 1030. The first-order valence-corrected chi connectivity index (χ1v) is 12.0. The lowest BCUT2D eigenvalue weighted by Crippen LogP contribution is -2.38. The van der Waals surface area contributed by atoms with E-state index in [-0.39, 0.29) is 23.4 Å². The highest BCUT2D eigenvalue weighted by Gasteiger charge is 2.24. The minimum atomic E-state index is -3.80. The first kappa shape index (κ1) is 22.4. The number of fused-ring (bicyclic) bond motifs is 1. The zero-order valence-corrected chi connectivity index (χ0v) is 18.8. The highest BCUT2D eigenvalue weighted by Crippen LogP contribution is 2.23. The van der Waals surface area contributed by atoms with Gasteiger partial charge in [0.05, 0.1) is 23.0 Å². The molecule has 30 heavy (non-hydrogen) atoms. The van der Waals surface area contributed by atoms with Crippen LogP contribution in [0.3, 0.4) is 0 Å². The number of amides is 1. The third-order valence-electron chi connectivity index (χ3n) is 5.68. The minimum Gasteiger partial charge on any atom is -0.355 e. The van der Waals surface area contributed by atoms with Crippen molar-refractivity contribution in [2.75, 3.05) is 20.1 Å². The predicted molar refractivity (Wildman–Crippen MR) is 117 cm³/mol. The fourth-order valence-corrected chi connectivity index (χ4v) is 4.75. The van der Waals surface area contributed by atoms with Crippen molar-refractivity contribution in [1.82, 2.24) is 24.6 Å². The van der Waals surface area contributed by atoms with E-state index in [1.165, 1.54) is 31.5 Å². The zero-order chi connectivity index (χ0) is 21.7. The monoisotopic (exact) mass is 433 g/mol. The van der Waals surface area contributed by atoms with Crippen molar-refractivity contribution >= 4 is 27.0 Å². The van der Waals surface area contributed by atoms with Crippen molar-refractivity contribution in [2.45, 2.75) is 63.3 Å². The Balaban J connectivity index is 1.62. The van der Waals surface area contributed by atoms with Crippen molar-refractivity contribution in [3.8, 4) is 0 Å². The van der Waals surface area contributed by atoms with Crippen LogP contribution in [0.25, 0.3) is 11.0 Å². The lowest BCUT2D eigenvalue weighted by atomic mass is 9.97. The molecular weight excluding hydrogens is 402 g/mol. The predicted octanol–water partition coefficient (Wildman–Crippen LogP) is 3.03. The van der Waals surface area contributed by atoms with Crippen LogP contribution >= 0.6 is 0 Å². The van der Waals surface area contributed by atoms with E-state index in [9.17, 15) is 13.2 Å². The van der Waals surface area contributed by atoms with Gasteiger partial charge in [-0.2, -0.15) is 4.31 Å². The van der Waals surface area contributed by atoms with E-state index in [4.69, 9.17) is 0 Å². The van der Waals surface area contributed by atoms with Gasteiger partial charge in [-0.15, -0.1) is 5.10 Å². The van der Waals surface area contributed by atoms with Crippen molar-refractivity contribution < 1.29 is 13.2 Å². The number of benzene rings is 1. The summed E-state index contributed by atoms with van der Waals surface area (Å²) < 4.78 is 28.7. The summed E-state index contributed by atoms with van der Waals surface area (Å²) in [7, 11) is -2.39. The number of carbonyl (C=O) groups is 1. The second-order valence-electron chi connectivity index (χ2n) is 7.91. The number of likely N-dealkylation sites (N-methyl/N-ethyl adjacent to an activating group) is 1. The molecule has 0 fully saturated rings. The number of nitrogens with zero attached hydrogens (tertiary/aromatic N) is 4. The van der Waals surface area contributed by atoms with E-state index in [0.29, 0.717) is 12.1 Å². The highest BCUT2D eigenvalue weighted by atomic mass is 32.2. The average Bonchev–Trinajstić information content (AvgIpc) is 3.17. The van der Waals surface area contributed by atoms with Crippen LogP contribution in [0, 0.1) is 0 Å². The van der Waals surface area contributed by atoms with E-state index in [2.05, 4.69) is 28.6 Å². The second kappa shape index (κ2) is 9.70. The molecule has 1 aliphatic rings. The van der Waals surface area contributed by atoms with Gasteiger partial charge in [-0.3, -0.25) is 4.79 Å². The van der Waals surface area contributed by atoms with E-state index in [1.807, 2.05) is 6.92 Å². The normalized spacial score (nSPS) is 15.9. The molecule has 1 aromatic carbocycles. The summed E-state index contributed by atoms with van der Waals surface area (Å²) in [5, 5.41) is 11.1. The van der Waals surface area contributed by atoms with Crippen molar-refractivity contribution in [3.63, 3.8) is 0 Å². The smallest absolute Gasteiger partial charge is 0.243 e. The molecule has 0 saturated carbocycles.